The third-order valence-corrected chi connectivity index (χ3v) is 6.25. The summed E-state index contributed by atoms with van der Waals surface area (Å²) in [6, 6.07) is 10.6. The minimum atomic E-state index is -3.62. The molecule has 1 fully saturated rings. The molecule has 2 atom stereocenters. The summed E-state index contributed by atoms with van der Waals surface area (Å²) in [6.45, 7) is 3.34. The average molecular weight is 330 g/mol. The molecule has 4 rings (SSSR count). The molecule has 3 heterocycles. The Morgan fingerprint density at radius 3 is 2.96 bits per heavy atom. The molecule has 0 bridgehead atoms. The van der Waals surface area contributed by atoms with Gasteiger partial charge in [-0.25, -0.2) is 13.4 Å². The number of sulfone groups is 1. The van der Waals surface area contributed by atoms with Crippen LogP contribution in [0, 0.1) is 6.92 Å². The zero-order valence-corrected chi connectivity index (χ0v) is 13.6. The summed E-state index contributed by atoms with van der Waals surface area (Å²) in [5.41, 5.74) is 1.78. The molecule has 2 unspecified atom stereocenters. The van der Waals surface area contributed by atoms with Crippen LogP contribution < -0.4 is 10.1 Å². The second-order valence-corrected chi connectivity index (χ2v) is 7.98. The van der Waals surface area contributed by atoms with E-state index in [2.05, 4.69) is 10.3 Å². The monoisotopic (exact) mass is 330 g/mol. The summed E-state index contributed by atoms with van der Waals surface area (Å²) in [7, 11) is -3.62. The highest BCUT2D eigenvalue weighted by Crippen LogP contribution is 2.39. The SMILES string of the molecule is Cc1cccc(S(=O)(=O)c2ccc3c(c2)OCC2NCCC32)n1. The summed E-state index contributed by atoms with van der Waals surface area (Å²) in [5, 5.41) is 3.50. The fourth-order valence-electron chi connectivity index (χ4n) is 3.40. The van der Waals surface area contributed by atoms with Crippen LogP contribution in [0.4, 0.5) is 0 Å². The van der Waals surface area contributed by atoms with Crippen molar-refractivity contribution in [3.63, 3.8) is 0 Å². The molecule has 5 nitrogen and oxygen atoms in total. The Kier molecular flexibility index (Phi) is 3.39. The van der Waals surface area contributed by atoms with Gasteiger partial charge in [0.15, 0.2) is 5.03 Å². The van der Waals surface area contributed by atoms with E-state index in [1.807, 2.05) is 6.07 Å². The van der Waals surface area contributed by atoms with Gasteiger partial charge in [0, 0.05) is 17.7 Å². The van der Waals surface area contributed by atoms with Gasteiger partial charge in [-0.2, -0.15) is 0 Å². The van der Waals surface area contributed by atoms with Crippen LogP contribution >= 0.6 is 0 Å². The predicted octanol–water partition coefficient (Wildman–Crippen LogP) is 2.06. The van der Waals surface area contributed by atoms with Gasteiger partial charge in [-0.05, 0) is 49.7 Å². The molecular formula is C17H18N2O3S. The molecule has 1 N–H and O–H groups in total. The molecule has 1 aromatic heterocycles. The fourth-order valence-corrected chi connectivity index (χ4v) is 4.67. The number of hydrogen-bond acceptors (Lipinski definition) is 5. The minimum Gasteiger partial charge on any atom is -0.492 e. The molecule has 23 heavy (non-hydrogen) atoms. The lowest BCUT2D eigenvalue weighted by molar-refractivity contribution is 0.238. The van der Waals surface area contributed by atoms with Crippen molar-refractivity contribution in [3.05, 3.63) is 47.7 Å². The van der Waals surface area contributed by atoms with Crippen LogP contribution in [0.15, 0.2) is 46.3 Å². The molecule has 0 amide bonds. The highest BCUT2D eigenvalue weighted by molar-refractivity contribution is 7.91. The first kappa shape index (κ1) is 14.7. The standard InChI is InChI=1S/C17H18N2O3S/c1-11-3-2-4-17(19-11)23(20,21)12-5-6-14-13-7-8-18-15(13)10-22-16(14)9-12/h2-6,9,13,15,18H,7-8,10H2,1H3. The molecule has 1 saturated heterocycles. The number of nitrogens with zero attached hydrogens (tertiary/aromatic N) is 1. The van der Waals surface area contributed by atoms with E-state index in [-0.39, 0.29) is 9.92 Å². The zero-order chi connectivity index (χ0) is 16.0. The first-order chi connectivity index (χ1) is 11.1. The van der Waals surface area contributed by atoms with Crippen molar-refractivity contribution >= 4 is 9.84 Å². The normalized spacial score (nSPS) is 23.0. The number of rotatable bonds is 2. The van der Waals surface area contributed by atoms with Crippen LogP contribution in [0.25, 0.3) is 0 Å². The quantitative estimate of drug-likeness (QED) is 0.913. The number of fused-ring (bicyclic) bond motifs is 3. The number of aryl methyl sites for hydroxylation is 1. The maximum atomic E-state index is 12.8. The third-order valence-electron chi connectivity index (χ3n) is 4.60. The van der Waals surface area contributed by atoms with E-state index in [0.29, 0.717) is 30.0 Å². The first-order valence-corrected chi connectivity index (χ1v) is 9.23. The van der Waals surface area contributed by atoms with Crippen molar-refractivity contribution in [2.75, 3.05) is 13.2 Å². The van der Waals surface area contributed by atoms with Crippen molar-refractivity contribution in [2.24, 2.45) is 0 Å². The highest BCUT2D eigenvalue weighted by Gasteiger charge is 2.35. The van der Waals surface area contributed by atoms with E-state index in [4.69, 9.17) is 4.74 Å². The van der Waals surface area contributed by atoms with Gasteiger partial charge in [-0.15, -0.1) is 0 Å². The molecule has 120 valence electrons. The van der Waals surface area contributed by atoms with Crippen LogP contribution in [0.2, 0.25) is 0 Å². The molecule has 1 aromatic carbocycles. The average Bonchev–Trinajstić information content (AvgIpc) is 3.03. The summed E-state index contributed by atoms with van der Waals surface area (Å²) >= 11 is 0. The number of hydrogen-bond donors (Lipinski definition) is 1. The maximum Gasteiger partial charge on any atom is 0.223 e. The topological polar surface area (TPSA) is 68.3 Å². The molecule has 0 radical (unpaired) electrons. The highest BCUT2D eigenvalue weighted by atomic mass is 32.2. The van der Waals surface area contributed by atoms with Crippen molar-refractivity contribution in [1.82, 2.24) is 10.3 Å². The van der Waals surface area contributed by atoms with E-state index in [9.17, 15) is 8.42 Å². The number of aromatic nitrogens is 1. The van der Waals surface area contributed by atoms with Crippen LogP contribution in [0.1, 0.15) is 23.6 Å². The van der Waals surface area contributed by atoms with Gasteiger partial charge in [0.1, 0.15) is 12.4 Å². The number of ether oxygens (including phenoxy) is 1. The smallest absolute Gasteiger partial charge is 0.223 e. The van der Waals surface area contributed by atoms with Crippen LogP contribution in [-0.2, 0) is 9.84 Å². The molecule has 0 saturated carbocycles. The Balaban J connectivity index is 1.76. The Morgan fingerprint density at radius 1 is 1.26 bits per heavy atom. The van der Waals surface area contributed by atoms with Crippen LogP contribution in [0.3, 0.4) is 0 Å². The fraction of sp³-hybridized carbons (Fsp3) is 0.353. The number of nitrogens with one attached hydrogen (secondary N) is 1. The Morgan fingerprint density at radius 2 is 2.13 bits per heavy atom. The first-order valence-electron chi connectivity index (χ1n) is 7.74. The van der Waals surface area contributed by atoms with Gasteiger partial charge in [-0.3, -0.25) is 0 Å². The van der Waals surface area contributed by atoms with E-state index in [1.165, 1.54) is 6.07 Å². The van der Waals surface area contributed by atoms with Crippen molar-refractivity contribution in [1.29, 1.82) is 0 Å². The van der Waals surface area contributed by atoms with Gasteiger partial charge in [0.05, 0.1) is 4.90 Å². The third kappa shape index (κ3) is 2.42. The molecular weight excluding hydrogens is 312 g/mol. The number of benzene rings is 1. The van der Waals surface area contributed by atoms with E-state index in [0.717, 1.165) is 18.5 Å². The molecule has 2 aromatic rings. The molecule has 0 spiro atoms. The van der Waals surface area contributed by atoms with E-state index < -0.39 is 9.84 Å². The van der Waals surface area contributed by atoms with E-state index >= 15 is 0 Å². The number of pyridine rings is 1. The zero-order valence-electron chi connectivity index (χ0n) is 12.8. The van der Waals surface area contributed by atoms with Crippen molar-refractivity contribution in [3.8, 4) is 5.75 Å². The summed E-state index contributed by atoms with van der Waals surface area (Å²) in [4.78, 5) is 4.38. The Hall–Kier alpha value is -1.92. The molecule has 2 aliphatic heterocycles. The lowest BCUT2D eigenvalue weighted by Gasteiger charge is -2.28. The second kappa shape index (κ2) is 5.32. The summed E-state index contributed by atoms with van der Waals surface area (Å²) < 4.78 is 31.3. The van der Waals surface area contributed by atoms with Crippen LogP contribution in [0.5, 0.6) is 5.75 Å². The second-order valence-electron chi connectivity index (χ2n) is 6.09. The minimum absolute atomic E-state index is 0.0775. The molecule has 6 heteroatoms. The Labute approximate surface area is 135 Å². The van der Waals surface area contributed by atoms with Crippen molar-refractivity contribution < 1.29 is 13.2 Å². The lowest BCUT2D eigenvalue weighted by Crippen LogP contribution is -2.35. The summed E-state index contributed by atoms with van der Waals surface area (Å²) in [5.74, 6) is 1.09. The van der Waals surface area contributed by atoms with Gasteiger partial charge in [-0.1, -0.05) is 12.1 Å². The van der Waals surface area contributed by atoms with Gasteiger partial charge in [0.25, 0.3) is 0 Å². The van der Waals surface area contributed by atoms with Crippen LogP contribution in [-0.4, -0.2) is 32.6 Å². The molecule has 2 aliphatic rings. The Bertz CT molecular complexity index is 864. The van der Waals surface area contributed by atoms with Gasteiger partial charge in [0.2, 0.25) is 9.84 Å². The summed E-state index contributed by atoms with van der Waals surface area (Å²) in [6.07, 6.45) is 1.06. The maximum absolute atomic E-state index is 12.8. The molecule has 0 aliphatic carbocycles. The van der Waals surface area contributed by atoms with Crippen molar-refractivity contribution in [2.45, 2.75) is 35.2 Å². The predicted molar refractivity (Wildman–Crippen MR) is 85.5 cm³/mol. The van der Waals surface area contributed by atoms with E-state index in [1.54, 1.807) is 31.2 Å². The lowest BCUT2D eigenvalue weighted by atomic mass is 9.90. The van der Waals surface area contributed by atoms with Gasteiger partial charge < -0.3 is 10.1 Å². The van der Waals surface area contributed by atoms with Gasteiger partial charge >= 0.3 is 0 Å². The largest absolute Gasteiger partial charge is 0.492 e.